The summed E-state index contributed by atoms with van der Waals surface area (Å²) in [6, 6.07) is 14.8. The molecule has 0 radical (unpaired) electrons. The molecule has 9 heteroatoms. The molecule has 1 fully saturated rings. The van der Waals surface area contributed by atoms with E-state index in [9.17, 15) is 22.0 Å². The predicted molar refractivity (Wildman–Crippen MR) is 193 cm³/mol. The molecular weight excluding hydrogens is 659 g/mol. The van der Waals surface area contributed by atoms with E-state index >= 15 is 0 Å². The fourth-order valence-electron chi connectivity index (χ4n) is 7.62. The maximum atomic E-state index is 14.8. The highest BCUT2D eigenvalue weighted by Crippen LogP contribution is 2.51. The van der Waals surface area contributed by atoms with Gasteiger partial charge in [-0.25, -0.2) is 4.68 Å². The monoisotopic (exact) mass is 714 g/mol. The van der Waals surface area contributed by atoms with E-state index in [1.54, 1.807) is 6.07 Å². The number of rotatable bonds is 17. The molecule has 0 N–H and O–H groups in total. The third-order valence-corrected chi connectivity index (χ3v) is 10.3. The van der Waals surface area contributed by atoms with E-state index in [-0.39, 0.29) is 24.3 Å². The number of aromatic nitrogens is 2. The molecule has 2 heterocycles. The van der Waals surface area contributed by atoms with Gasteiger partial charge in [-0.05, 0) is 77.5 Å². The SMILES string of the molecule is CC(C)(C)CCCCCCCCCCCOCn1nc(C2CC(C3C(c4cccc(C(F)(F)F)c4)=Cc4ccccc43)CCO2)cc1C(C)(F)F. The Bertz CT molecular complexity index is 1580. The van der Waals surface area contributed by atoms with Crippen molar-refractivity contribution in [2.75, 3.05) is 13.2 Å². The van der Waals surface area contributed by atoms with Gasteiger partial charge in [-0.1, -0.05) is 115 Å². The predicted octanol–water partition coefficient (Wildman–Crippen LogP) is 12.7. The van der Waals surface area contributed by atoms with Gasteiger partial charge in [0.05, 0.1) is 11.3 Å². The van der Waals surface area contributed by atoms with Gasteiger partial charge >= 0.3 is 6.18 Å². The Labute approximate surface area is 300 Å². The van der Waals surface area contributed by atoms with Crippen LogP contribution < -0.4 is 0 Å². The van der Waals surface area contributed by atoms with Crippen LogP contribution in [-0.2, 0) is 28.3 Å². The van der Waals surface area contributed by atoms with Crippen molar-refractivity contribution in [2.24, 2.45) is 11.3 Å². The number of hydrogen-bond donors (Lipinski definition) is 0. The van der Waals surface area contributed by atoms with Crippen molar-refractivity contribution in [1.29, 1.82) is 0 Å². The summed E-state index contributed by atoms with van der Waals surface area (Å²) in [6.07, 6.45) is 10.2. The molecule has 1 aliphatic heterocycles. The van der Waals surface area contributed by atoms with Crippen molar-refractivity contribution in [2.45, 2.75) is 136 Å². The number of nitrogens with zero attached hydrogens (tertiary/aromatic N) is 2. The van der Waals surface area contributed by atoms with Gasteiger partial charge in [0.25, 0.3) is 5.92 Å². The van der Waals surface area contributed by atoms with E-state index < -0.39 is 23.8 Å². The summed E-state index contributed by atoms with van der Waals surface area (Å²) in [5, 5.41) is 4.57. The molecule has 5 rings (SSSR count). The first-order valence-corrected chi connectivity index (χ1v) is 18.8. The Balaban J connectivity index is 1.16. The highest BCUT2D eigenvalue weighted by molar-refractivity contribution is 5.91. The quantitative estimate of drug-likeness (QED) is 0.103. The van der Waals surface area contributed by atoms with Crippen LogP contribution >= 0.6 is 0 Å². The summed E-state index contributed by atoms with van der Waals surface area (Å²) in [4.78, 5) is 0. The topological polar surface area (TPSA) is 36.3 Å². The zero-order valence-corrected chi connectivity index (χ0v) is 30.7. The lowest BCUT2D eigenvalue weighted by molar-refractivity contribution is -0.137. The molecule has 51 heavy (non-hydrogen) atoms. The minimum Gasteiger partial charge on any atom is -0.372 e. The second-order valence-corrected chi connectivity index (χ2v) is 15.8. The number of hydrogen-bond acceptors (Lipinski definition) is 3. The molecule has 0 amide bonds. The molecule has 2 aromatic carbocycles. The summed E-state index contributed by atoms with van der Waals surface area (Å²) in [5.41, 5.74) is 3.34. The number of benzene rings is 2. The van der Waals surface area contributed by atoms with Crippen LogP contribution in [0.4, 0.5) is 22.0 Å². The van der Waals surface area contributed by atoms with E-state index in [4.69, 9.17) is 9.47 Å². The minimum atomic E-state index is -4.45. The molecule has 1 aliphatic carbocycles. The molecule has 1 aromatic heterocycles. The lowest BCUT2D eigenvalue weighted by Gasteiger charge is -2.34. The molecule has 0 spiro atoms. The average Bonchev–Trinajstić information content (AvgIpc) is 3.69. The van der Waals surface area contributed by atoms with Gasteiger partial charge in [0.1, 0.15) is 18.5 Å². The maximum absolute atomic E-state index is 14.8. The Morgan fingerprint density at radius 1 is 0.824 bits per heavy atom. The van der Waals surface area contributed by atoms with Crippen molar-refractivity contribution in [3.63, 3.8) is 0 Å². The summed E-state index contributed by atoms with van der Waals surface area (Å²) in [6.45, 7) is 8.55. The first-order chi connectivity index (χ1) is 24.2. The second kappa shape index (κ2) is 17.2. The minimum absolute atomic E-state index is 0.00801. The average molecular weight is 715 g/mol. The van der Waals surface area contributed by atoms with Gasteiger partial charge in [-0.2, -0.15) is 27.1 Å². The van der Waals surface area contributed by atoms with Gasteiger partial charge in [0, 0.05) is 26.1 Å². The normalized spacial score (nSPS) is 19.7. The van der Waals surface area contributed by atoms with Crippen molar-refractivity contribution < 1.29 is 31.4 Å². The van der Waals surface area contributed by atoms with E-state index in [1.165, 1.54) is 67.8 Å². The van der Waals surface area contributed by atoms with Crippen LogP contribution in [0.25, 0.3) is 11.6 Å². The van der Waals surface area contributed by atoms with E-state index in [1.807, 2.05) is 30.3 Å². The van der Waals surface area contributed by atoms with Gasteiger partial charge in [0.2, 0.25) is 0 Å². The molecule has 4 nitrogen and oxygen atoms in total. The maximum Gasteiger partial charge on any atom is 0.416 e. The largest absolute Gasteiger partial charge is 0.416 e. The smallest absolute Gasteiger partial charge is 0.372 e. The number of alkyl halides is 5. The van der Waals surface area contributed by atoms with Crippen molar-refractivity contribution in [1.82, 2.24) is 9.78 Å². The molecule has 0 bridgehead atoms. The molecule has 1 saturated heterocycles. The third-order valence-electron chi connectivity index (χ3n) is 10.3. The number of ether oxygens (including phenoxy) is 2. The molecule has 3 unspecified atom stereocenters. The van der Waals surface area contributed by atoms with Gasteiger partial charge in [-0.3, -0.25) is 0 Å². The molecule has 3 atom stereocenters. The number of fused-ring (bicyclic) bond motifs is 1. The summed E-state index contributed by atoms with van der Waals surface area (Å²) in [7, 11) is 0. The fraction of sp³-hybridized carbons (Fsp3) is 0.595. The van der Waals surface area contributed by atoms with Crippen LogP contribution in [0, 0.1) is 11.3 Å². The van der Waals surface area contributed by atoms with Crippen molar-refractivity contribution >= 4 is 11.6 Å². The van der Waals surface area contributed by atoms with Crippen molar-refractivity contribution in [3.8, 4) is 0 Å². The molecule has 2 aliphatic rings. The van der Waals surface area contributed by atoms with Crippen LogP contribution in [0.5, 0.6) is 0 Å². The lowest BCUT2D eigenvalue weighted by Crippen LogP contribution is -2.25. The molecule has 3 aromatic rings. The first kappa shape index (κ1) is 39.2. The zero-order chi connectivity index (χ0) is 36.6. The molecular formula is C42H55F5N2O2. The van der Waals surface area contributed by atoms with Crippen LogP contribution in [0.2, 0.25) is 0 Å². The van der Waals surface area contributed by atoms with Crippen molar-refractivity contribution in [3.05, 3.63) is 88.2 Å². The summed E-state index contributed by atoms with van der Waals surface area (Å²) < 4.78 is 83.8. The lowest BCUT2D eigenvalue weighted by atomic mass is 9.75. The summed E-state index contributed by atoms with van der Waals surface area (Å²) in [5.74, 6) is -3.28. The Morgan fingerprint density at radius 2 is 1.51 bits per heavy atom. The molecule has 0 saturated carbocycles. The van der Waals surface area contributed by atoms with Gasteiger partial charge < -0.3 is 9.47 Å². The van der Waals surface area contributed by atoms with E-state index in [0.29, 0.717) is 42.7 Å². The summed E-state index contributed by atoms with van der Waals surface area (Å²) >= 11 is 0. The van der Waals surface area contributed by atoms with Gasteiger partial charge in [-0.15, -0.1) is 0 Å². The standard InChI is InChI=1S/C42H55F5N2O2/c1-40(2,3)22-14-10-8-6-5-7-9-11-15-23-50-29-49-38(41(4,43)44)28-36(48-49)37-27-32(21-24-51-37)39-34-20-13-12-17-31(34)26-35(39)30-18-16-19-33(25-30)42(45,46)47/h12-13,16-20,25-26,28,32,37,39H,5-11,14-15,21-24,27,29H2,1-4H3. The van der Waals surface area contributed by atoms with Crippen LogP contribution in [0.1, 0.15) is 150 Å². The third kappa shape index (κ3) is 11.0. The number of allylic oxidation sites excluding steroid dienone is 1. The highest BCUT2D eigenvalue weighted by Gasteiger charge is 2.39. The zero-order valence-electron chi connectivity index (χ0n) is 30.7. The highest BCUT2D eigenvalue weighted by atomic mass is 19.4. The Kier molecular flexibility index (Phi) is 13.2. The number of unbranched alkanes of at least 4 members (excludes halogenated alkanes) is 8. The second-order valence-electron chi connectivity index (χ2n) is 15.8. The number of halogens is 5. The Hall–Kier alpha value is -3.04. The van der Waals surface area contributed by atoms with Crippen LogP contribution in [0.3, 0.4) is 0 Å². The van der Waals surface area contributed by atoms with E-state index in [0.717, 1.165) is 49.0 Å². The molecule has 280 valence electrons. The van der Waals surface area contributed by atoms with E-state index in [2.05, 4.69) is 25.9 Å². The van der Waals surface area contributed by atoms with Crippen LogP contribution in [-0.4, -0.2) is 23.0 Å². The fourth-order valence-corrected chi connectivity index (χ4v) is 7.62. The van der Waals surface area contributed by atoms with Gasteiger partial charge in [0.15, 0.2) is 0 Å². The van der Waals surface area contributed by atoms with Crippen LogP contribution in [0.15, 0.2) is 54.6 Å². The Morgan fingerprint density at radius 3 is 2.20 bits per heavy atom. The first-order valence-electron chi connectivity index (χ1n) is 18.8.